The fourth-order valence-electron chi connectivity index (χ4n) is 0.962. The Kier molecular flexibility index (Phi) is 6.73. The zero-order chi connectivity index (χ0) is 11.8. The number of nitrogens with one attached hydrogen (secondary N) is 1. The Morgan fingerprint density at radius 2 is 2.00 bits per heavy atom. The van der Waals surface area contributed by atoms with E-state index in [1.54, 1.807) is 11.3 Å². The van der Waals surface area contributed by atoms with Crippen LogP contribution in [0.3, 0.4) is 0 Å². The molecule has 0 fully saturated rings. The van der Waals surface area contributed by atoms with Crippen molar-refractivity contribution in [2.75, 3.05) is 0 Å². The third-order valence-electron chi connectivity index (χ3n) is 1.70. The molecule has 0 spiro atoms. The van der Waals surface area contributed by atoms with Gasteiger partial charge in [-0.05, 0) is 18.1 Å². The molecule has 0 radical (unpaired) electrons. The maximum absolute atomic E-state index is 5.25. The molecule has 0 bridgehead atoms. The standard InChI is InChI=1S/C8H14N4S.C2H6/c1-5(2)6-3-4-7(13-6)8(11-9)12-10;1-2/h3-5H,9-10H2,1-2H3,(H,11,12);1-2H3. The number of rotatable bonds is 2. The van der Waals surface area contributed by atoms with Crippen molar-refractivity contribution in [3.8, 4) is 0 Å². The average Bonchev–Trinajstić information content (AvgIpc) is 2.72. The van der Waals surface area contributed by atoms with Crippen molar-refractivity contribution >= 4 is 17.2 Å². The molecule has 15 heavy (non-hydrogen) atoms. The minimum atomic E-state index is 0.524. The van der Waals surface area contributed by atoms with Crippen LogP contribution in [0.5, 0.6) is 0 Å². The molecule has 1 heterocycles. The minimum Gasteiger partial charge on any atom is -0.321 e. The van der Waals surface area contributed by atoms with Gasteiger partial charge < -0.3 is 11.3 Å². The van der Waals surface area contributed by atoms with Crippen LogP contribution in [-0.2, 0) is 0 Å². The van der Waals surface area contributed by atoms with Gasteiger partial charge in [-0.2, -0.15) is 5.10 Å². The summed E-state index contributed by atoms with van der Waals surface area (Å²) < 4.78 is 0. The Labute approximate surface area is 95.3 Å². The lowest BCUT2D eigenvalue weighted by molar-refractivity contribution is 0.890. The van der Waals surface area contributed by atoms with E-state index in [1.807, 2.05) is 19.9 Å². The van der Waals surface area contributed by atoms with E-state index in [2.05, 4.69) is 30.4 Å². The fourth-order valence-corrected chi connectivity index (χ4v) is 1.93. The van der Waals surface area contributed by atoms with Gasteiger partial charge >= 0.3 is 0 Å². The van der Waals surface area contributed by atoms with Gasteiger partial charge in [0.05, 0.1) is 4.88 Å². The largest absolute Gasteiger partial charge is 0.321 e. The van der Waals surface area contributed by atoms with Crippen molar-refractivity contribution in [2.45, 2.75) is 33.6 Å². The van der Waals surface area contributed by atoms with Gasteiger partial charge in [0, 0.05) is 4.88 Å². The smallest absolute Gasteiger partial charge is 0.176 e. The highest BCUT2D eigenvalue weighted by molar-refractivity contribution is 7.14. The van der Waals surface area contributed by atoms with E-state index < -0.39 is 0 Å². The summed E-state index contributed by atoms with van der Waals surface area (Å²) in [7, 11) is 0. The van der Waals surface area contributed by atoms with Gasteiger partial charge in [0.25, 0.3) is 0 Å². The molecule has 0 unspecified atom stereocenters. The second kappa shape index (κ2) is 7.25. The van der Waals surface area contributed by atoms with Crippen LogP contribution in [0.15, 0.2) is 17.2 Å². The highest BCUT2D eigenvalue weighted by Gasteiger charge is 2.07. The predicted molar refractivity (Wildman–Crippen MR) is 67.8 cm³/mol. The SMILES string of the molecule is CC.CC(C)c1ccc(/C(=N/N)NN)s1. The summed E-state index contributed by atoms with van der Waals surface area (Å²) in [5.41, 5.74) is 2.46. The van der Waals surface area contributed by atoms with E-state index in [4.69, 9.17) is 11.7 Å². The lowest BCUT2D eigenvalue weighted by Gasteiger charge is -2.00. The molecule has 4 nitrogen and oxygen atoms in total. The van der Waals surface area contributed by atoms with Gasteiger partial charge in [0.2, 0.25) is 0 Å². The highest BCUT2D eigenvalue weighted by Crippen LogP contribution is 2.23. The van der Waals surface area contributed by atoms with Crippen LogP contribution in [0.4, 0.5) is 0 Å². The van der Waals surface area contributed by atoms with E-state index in [-0.39, 0.29) is 0 Å². The summed E-state index contributed by atoms with van der Waals surface area (Å²) in [6, 6.07) is 4.03. The Hall–Kier alpha value is -1.07. The van der Waals surface area contributed by atoms with Crippen LogP contribution < -0.4 is 17.1 Å². The number of hydrazine groups is 1. The van der Waals surface area contributed by atoms with Gasteiger partial charge in [-0.1, -0.05) is 27.7 Å². The first-order chi connectivity index (χ1) is 7.19. The van der Waals surface area contributed by atoms with Crippen molar-refractivity contribution in [3.63, 3.8) is 0 Å². The third kappa shape index (κ3) is 3.89. The molecule has 5 heteroatoms. The molecule has 5 N–H and O–H groups in total. The van der Waals surface area contributed by atoms with Crippen LogP contribution in [0.25, 0.3) is 0 Å². The van der Waals surface area contributed by atoms with Crippen LogP contribution in [0.1, 0.15) is 43.4 Å². The summed E-state index contributed by atoms with van der Waals surface area (Å²) in [5.74, 6) is 11.4. The van der Waals surface area contributed by atoms with E-state index in [0.717, 1.165) is 4.88 Å². The average molecular weight is 228 g/mol. The van der Waals surface area contributed by atoms with Crippen LogP contribution >= 0.6 is 11.3 Å². The first kappa shape index (κ1) is 13.9. The Bertz CT molecular complexity index is 304. The Balaban J connectivity index is 0.000000921. The van der Waals surface area contributed by atoms with Crippen LogP contribution in [-0.4, -0.2) is 5.84 Å². The third-order valence-corrected chi connectivity index (χ3v) is 3.09. The summed E-state index contributed by atoms with van der Waals surface area (Å²) >= 11 is 1.64. The van der Waals surface area contributed by atoms with Gasteiger partial charge in [0.1, 0.15) is 0 Å². The monoisotopic (exact) mass is 228 g/mol. The molecule has 0 saturated carbocycles. The number of thiophene rings is 1. The van der Waals surface area contributed by atoms with Crippen LogP contribution in [0.2, 0.25) is 0 Å². The minimum absolute atomic E-state index is 0.524. The van der Waals surface area contributed by atoms with Crippen molar-refractivity contribution in [1.82, 2.24) is 5.43 Å². The predicted octanol–water partition coefficient (Wildman–Crippen LogP) is 1.98. The molecule has 0 saturated heterocycles. The molecule has 1 aromatic rings. The Morgan fingerprint density at radius 1 is 1.40 bits per heavy atom. The van der Waals surface area contributed by atoms with Gasteiger partial charge in [-0.25, -0.2) is 5.84 Å². The maximum Gasteiger partial charge on any atom is 0.176 e. The number of hydrogen-bond acceptors (Lipinski definition) is 4. The van der Waals surface area contributed by atoms with E-state index in [9.17, 15) is 0 Å². The summed E-state index contributed by atoms with van der Waals surface area (Å²) in [6.45, 7) is 8.29. The van der Waals surface area contributed by atoms with Gasteiger partial charge in [0.15, 0.2) is 5.84 Å². The number of hydrogen-bond donors (Lipinski definition) is 3. The van der Waals surface area contributed by atoms with E-state index >= 15 is 0 Å². The van der Waals surface area contributed by atoms with Crippen molar-refractivity contribution in [1.29, 1.82) is 0 Å². The number of nitrogens with two attached hydrogens (primary N) is 2. The van der Waals surface area contributed by atoms with Gasteiger partial charge in [-0.15, -0.1) is 11.3 Å². The number of nitrogens with zero attached hydrogens (tertiary/aromatic N) is 1. The second-order valence-corrected chi connectivity index (χ2v) is 4.09. The first-order valence-corrected chi connectivity index (χ1v) is 5.85. The summed E-state index contributed by atoms with van der Waals surface area (Å²) in [5, 5.41) is 3.54. The Morgan fingerprint density at radius 3 is 2.33 bits per heavy atom. The molecular formula is C10H20N4S. The molecule has 0 aliphatic carbocycles. The molecule has 0 aliphatic heterocycles. The fraction of sp³-hybridized carbons (Fsp3) is 0.500. The topological polar surface area (TPSA) is 76.4 Å². The highest BCUT2D eigenvalue weighted by atomic mass is 32.1. The molecule has 0 amide bonds. The zero-order valence-corrected chi connectivity index (χ0v) is 10.6. The number of hydrazone groups is 1. The molecule has 0 atom stereocenters. The molecule has 0 aromatic carbocycles. The molecule has 1 aromatic heterocycles. The molecular weight excluding hydrogens is 208 g/mol. The number of amidine groups is 1. The lowest BCUT2D eigenvalue weighted by atomic mass is 10.2. The molecule has 0 aliphatic rings. The van der Waals surface area contributed by atoms with E-state index in [0.29, 0.717) is 11.8 Å². The van der Waals surface area contributed by atoms with Crippen molar-refractivity contribution < 1.29 is 0 Å². The van der Waals surface area contributed by atoms with E-state index in [1.165, 1.54) is 4.88 Å². The molecule has 1 rings (SSSR count). The summed E-state index contributed by atoms with van der Waals surface area (Å²) in [6.07, 6.45) is 0. The lowest BCUT2D eigenvalue weighted by Crippen LogP contribution is -2.31. The van der Waals surface area contributed by atoms with Crippen LogP contribution in [0, 0.1) is 0 Å². The maximum atomic E-state index is 5.25. The zero-order valence-electron chi connectivity index (χ0n) is 9.74. The normalized spacial score (nSPS) is 10.9. The van der Waals surface area contributed by atoms with Crippen molar-refractivity contribution in [3.05, 3.63) is 21.9 Å². The quantitative estimate of drug-likeness (QED) is 0.313. The van der Waals surface area contributed by atoms with Gasteiger partial charge in [-0.3, -0.25) is 0 Å². The molecule has 86 valence electrons. The first-order valence-electron chi connectivity index (χ1n) is 5.03. The van der Waals surface area contributed by atoms with Crippen molar-refractivity contribution in [2.24, 2.45) is 16.8 Å². The summed E-state index contributed by atoms with van der Waals surface area (Å²) in [4.78, 5) is 2.26. The second-order valence-electron chi connectivity index (χ2n) is 2.98.